The first kappa shape index (κ1) is 33.6. The topological polar surface area (TPSA) is 3.24 Å². The maximum absolute atomic E-state index is 2.54. The highest BCUT2D eigenvalue weighted by Crippen LogP contribution is 2.54. The highest BCUT2D eigenvalue weighted by Gasteiger charge is 2.38. The lowest BCUT2D eigenvalue weighted by atomic mass is 9.82. The van der Waals surface area contributed by atoms with E-state index in [4.69, 9.17) is 0 Å². The molecule has 11 rings (SSSR count). The maximum atomic E-state index is 2.54. The van der Waals surface area contributed by atoms with E-state index in [1.165, 1.54) is 88.3 Å². The lowest BCUT2D eigenvalue weighted by molar-refractivity contribution is 0.660. The highest BCUT2D eigenvalue weighted by molar-refractivity contribution is 6.01. The quantitative estimate of drug-likeness (QED) is 0.170. The molecule has 0 aliphatic heterocycles. The minimum absolute atomic E-state index is 0.136. The minimum atomic E-state index is -0.136. The Morgan fingerprint density at radius 3 is 1.32 bits per heavy atom. The van der Waals surface area contributed by atoms with Gasteiger partial charge in [-0.3, -0.25) is 0 Å². The van der Waals surface area contributed by atoms with Gasteiger partial charge in [0.2, 0.25) is 0 Å². The number of hydrogen-bond donors (Lipinski definition) is 0. The van der Waals surface area contributed by atoms with Crippen LogP contribution in [-0.4, -0.2) is 0 Å². The Balaban J connectivity index is 1.20. The third kappa shape index (κ3) is 5.08. The average molecular weight is 730 g/mol. The predicted octanol–water partition coefficient (Wildman–Crippen LogP) is 15.4. The van der Waals surface area contributed by atoms with Crippen molar-refractivity contribution >= 4 is 38.6 Å². The molecule has 1 nitrogen and oxygen atoms in total. The SMILES string of the molecule is CC1(C)c2ccccc2-c2ccc(N(c3ccc4c(c3)C(C)(C)c3ccccc3-4)c3cccc(-c4ccc5ccccc5c4)c3-c3ccc4ccccc4c3)cc21. The minimum Gasteiger partial charge on any atom is -0.310 e. The summed E-state index contributed by atoms with van der Waals surface area (Å²) in [4.78, 5) is 2.54. The molecule has 0 heterocycles. The summed E-state index contributed by atoms with van der Waals surface area (Å²) < 4.78 is 0. The van der Waals surface area contributed by atoms with Gasteiger partial charge in [0, 0.05) is 27.8 Å². The van der Waals surface area contributed by atoms with E-state index in [1.54, 1.807) is 0 Å². The Bertz CT molecular complexity index is 2980. The van der Waals surface area contributed by atoms with Gasteiger partial charge in [-0.25, -0.2) is 0 Å². The molecule has 0 amide bonds. The Labute approximate surface area is 335 Å². The molecule has 9 aromatic carbocycles. The summed E-state index contributed by atoms with van der Waals surface area (Å²) in [6.07, 6.45) is 0. The zero-order valence-corrected chi connectivity index (χ0v) is 32.8. The number of fused-ring (bicyclic) bond motifs is 8. The van der Waals surface area contributed by atoms with Crippen LogP contribution in [0.25, 0.3) is 66.1 Å². The van der Waals surface area contributed by atoms with Gasteiger partial charge in [-0.15, -0.1) is 0 Å². The fraction of sp³-hybridized carbons (Fsp3) is 0.107. The van der Waals surface area contributed by atoms with Crippen LogP contribution in [-0.2, 0) is 10.8 Å². The molecule has 0 spiro atoms. The standard InChI is InChI=1S/C56H43N/c1-55(2)49-21-11-9-18-45(49)47-30-28-42(34-51(47)55)57(43-29-31-48-46-19-10-12-22-50(46)56(3,4)52(48)35-43)53-23-13-20-44(40-26-24-36-14-5-7-16-38(36)32-40)54(53)41-27-25-37-15-6-8-17-39(37)33-41/h5-35H,1-4H3. The molecular formula is C56H43N. The molecule has 9 aromatic rings. The van der Waals surface area contributed by atoms with E-state index in [2.05, 4.69) is 221 Å². The van der Waals surface area contributed by atoms with E-state index in [1.807, 2.05) is 0 Å². The molecule has 0 unspecified atom stereocenters. The molecule has 0 saturated heterocycles. The van der Waals surface area contributed by atoms with Crippen molar-refractivity contribution in [2.45, 2.75) is 38.5 Å². The van der Waals surface area contributed by atoms with Gasteiger partial charge in [0.05, 0.1) is 5.69 Å². The number of nitrogens with zero attached hydrogens (tertiary/aromatic N) is 1. The summed E-state index contributed by atoms with van der Waals surface area (Å²) in [6.45, 7) is 9.51. The lowest BCUT2D eigenvalue weighted by Gasteiger charge is -2.32. The van der Waals surface area contributed by atoms with Crippen molar-refractivity contribution in [3.05, 3.63) is 210 Å². The van der Waals surface area contributed by atoms with E-state index in [9.17, 15) is 0 Å². The number of anilines is 3. The normalized spacial score (nSPS) is 14.2. The lowest BCUT2D eigenvalue weighted by Crippen LogP contribution is -2.18. The monoisotopic (exact) mass is 729 g/mol. The second kappa shape index (κ2) is 12.4. The van der Waals surface area contributed by atoms with Gasteiger partial charge in [0.1, 0.15) is 0 Å². The van der Waals surface area contributed by atoms with Crippen molar-refractivity contribution in [3.63, 3.8) is 0 Å². The molecule has 272 valence electrons. The van der Waals surface area contributed by atoms with Crippen molar-refractivity contribution in [2.24, 2.45) is 0 Å². The van der Waals surface area contributed by atoms with E-state index in [0.29, 0.717) is 0 Å². The summed E-state index contributed by atoms with van der Waals surface area (Å²) in [5.74, 6) is 0. The van der Waals surface area contributed by atoms with Crippen LogP contribution in [0.5, 0.6) is 0 Å². The summed E-state index contributed by atoms with van der Waals surface area (Å²) in [5, 5.41) is 4.95. The molecule has 0 fully saturated rings. The van der Waals surface area contributed by atoms with Crippen LogP contribution in [0.2, 0.25) is 0 Å². The first-order valence-corrected chi connectivity index (χ1v) is 20.2. The van der Waals surface area contributed by atoms with E-state index in [-0.39, 0.29) is 10.8 Å². The smallest absolute Gasteiger partial charge is 0.0546 e. The molecule has 0 N–H and O–H groups in total. The van der Waals surface area contributed by atoms with E-state index >= 15 is 0 Å². The average Bonchev–Trinajstić information content (AvgIpc) is 3.62. The molecule has 0 bridgehead atoms. The first-order chi connectivity index (χ1) is 27.8. The third-order valence-electron chi connectivity index (χ3n) is 13.0. The second-order valence-electron chi connectivity index (χ2n) is 17.0. The summed E-state index contributed by atoms with van der Waals surface area (Å²) in [5.41, 5.74) is 18.8. The van der Waals surface area contributed by atoms with Crippen LogP contribution in [0.4, 0.5) is 17.1 Å². The summed E-state index contributed by atoms with van der Waals surface area (Å²) >= 11 is 0. The zero-order chi connectivity index (χ0) is 38.5. The van der Waals surface area contributed by atoms with Gasteiger partial charge in [-0.1, -0.05) is 173 Å². The molecule has 2 aliphatic carbocycles. The first-order valence-electron chi connectivity index (χ1n) is 20.2. The Morgan fingerprint density at radius 1 is 0.316 bits per heavy atom. The van der Waals surface area contributed by atoms with Crippen LogP contribution in [0.3, 0.4) is 0 Å². The zero-order valence-electron chi connectivity index (χ0n) is 32.8. The van der Waals surface area contributed by atoms with Crippen LogP contribution >= 0.6 is 0 Å². The van der Waals surface area contributed by atoms with Crippen LogP contribution in [0.1, 0.15) is 49.9 Å². The number of hydrogen-bond acceptors (Lipinski definition) is 1. The van der Waals surface area contributed by atoms with Crippen LogP contribution in [0, 0.1) is 0 Å². The number of rotatable bonds is 5. The predicted molar refractivity (Wildman–Crippen MR) is 242 cm³/mol. The molecule has 2 aliphatic rings. The van der Waals surface area contributed by atoms with Gasteiger partial charge in [-0.2, -0.15) is 0 Å². The van der Waals surface area contributed by atoms with Crippen LogP contribution in [0.15, 0.2) is 188 Å². The molecule has 1 heteroatoms. The van der Waals surface area contributed by atoms with Crippen molar-refractivity contribution in [2.75, 3.05) is 4.90 Å². The Kier molecular flexibility index (Phi) is 7.32. The van der Waals surface area contributed by atoms with Crippen molar-refractivity contribution < 1.29 is 0 Å². The Hall–Kier alpha value is -6.70. The van der Waals surface area contributed by atoms with Crippen molar-refractivity contribution in [1.29, 1.82) is 0 Å². The largest absolute Gasteiger partial charge is 0.310 e. The van der Waals surface area contributed by atoms with Gasteiger partial charge in [-0.05, 0) is 125 Å². The van der Waals surface area contributed by atoms with Gasteiger partial charge < -0.3 is 4.90 Å². The summed E-state index contributed by atoms with van der Waals surface area (Å²) in [6, 6.07) is 70.4. The van der Waals surface area contributed by atoms with Crippen molar-refractivity contribution in [3.8, 4) is 44.5 Å². The summed E-state index contributed by atoms with van der Waals surface area (Å²) in [7, 11) is 0. The van der Waals surface area contributed by atoms with Crippen molar-refractivity contribution in [1.82, 2.24) is 0 Å². The van der Waals surface area contributed by atoms with Crippen LogP contribution < -0.4 is 4.90 Å². The van der Waals surface area contributed by atoms with Gasteiger partial charge in [0.25, 0.3) is 0 Å². The molecule has 0 atom stereocenters. The van der Waals surface area contributed by atoms with Gasteiger partial charge >= 0.3 is 0 Å². The van der Waals surface area contributed by atoms with Gasteiger partial charge in [0.15, 0.2) is 0 Å². The number of benzene rings is 9. The fourth-order valence-electron chi connectivity index (χ4n) is 10.1. The molecule has 57 heavy (non-hydrogen) atoms. The maximum Gasteiger partial charge on any atom is 0.0546 e. The molecular weight excluding hydrogens is 687 g/mol. The van der Waals surface area contributed by atoms with E-state index < -0.39 is 0 Å². The highest BCUT2D eigenvalue weighted by atomic mass is 15.1. The third-order valence-corrected chi connectivity index (χ3v) is 13.0. The van der Waals surface area contributed by atoms with E-state index in [0.717, 1.165) is 17.1 Å². The molecule has 0 aromatic heterocycles. The Morgan fingerprint density at radius 2 is 0.754 bits per heavy atom. The molecule has 0 radical (unpaired) electrons. The fourth-order valence-corrected chi connectivity index (χ4v) is 10.1. The second-order valence-corrected chi connectivity index (χ2v) is 17.0. The molecule has 0 saturated carbocycles.